The fourth-order valence-electron chi connectivity index (χ4n) is 0.698. The highest BCUT2D eigenvalue weighted by atomic mass is 31.1. The lowest BCUT2D eigenvalue weighted by Crippen LogP contribution is -2.03. The van der Waals surface area contributed by atoms with Crippen LogP contribution in [-0.4, -0.2) is 12.3 Å². The average Bonchev–Trinajstić information content (AvgIpc) is 1.78. The summed E-state index contributed by atoms with van der Waals surface area (Å²) < 4.78 is 0. The first-order valence-electron chi connectivity index (χ1n) is 3.14. The second-order valence-corrected chi connectivity index (χ2v) is 4.33. The summed E-state index contributed by atoms with van der Waals surface area (Å²) in [5.74, 6) is 2.28. The van der Waals surface area contributed by atoms with Gasteiger partial charge in [-0.2, -0.15) is 0 Å². The van der Waals surface area contributed by atoms with Gasteiger partial charge in [-0.25, -0.2) is 0 Å². The van der Waals surface area contributed by atoms with E-state index in [9.17, 15) is 0 Å². The van der Waals surface area contributed by atoms with Crippen LogP contribution >= 0.6 is 7.92 Å². The van der Waals surface area contributed by atoms with E-state index in [-0.39, 0.29) is 7.92 Å². The third-order valence-electron chi connectivity index (χ3n) is 1.41. The van der Waals surface area contributed by atoms with E-state index in [4.69, 9.17) is 5.73 Å². The van der Waals surface area contributed by atoms with E-state index in [0.717, 1.165) is 11.9 Å². The predicted octanol–water partition coefficient (Wildman–Crippen LogP) is 1.86. The van der Waals surface area contributed by atoms with E-state index < -0.39 is 0 Å². The molecule has 1 atom stereocenters. The van der Waals surface area contributed by atoms with Gasteiger partial charge >= 0.3 is 0 Å². The first kappa shape index (κ1) is 6.82. The van der Waals surface area contributed by atoms with E-state index in [1.807, 2.05) is 13.0 Å². The molecule has 50 valence electrons. The Kier molecular flexibility index (Phi) is 2.29. The molecule has 1 aliphatic heterocycles. The van der Waals surface area contributed by atoms with Gasteiger partial charge in [-0.15, -0.1) is 0 Å². The second-order valence-electron chi connectivity index (χ2n) is 2.18. The first-order chi connectivity index (χ1) is 4.33. The molecule has 0 bridgehead atoms. The molecule has 1 heterocycles. The SMILES string of the molecule is C/C=C(\N)CP1C=CC1. The molecule has 9 heavy (non-hydrogen) atoms. The normalized spacial score (nSPS) is 25.9. The highest BCUT2D eigenvalue weighted by Gasteiger charge is 2.08. The quantitative estimate of drug-likeness (QED) is 0.583. The van der Waals surface area contributed by atoms with Crippen LogP contribution in [0, 0.1) is 0 Å². The van der Waals surface area contributed by atoms with Crippen molar-refractivity contribution in [2.75, 3.05) is 12.3 Å². The lowest BCUT2D eigenvalue weighted by molar-refractivity contribution is 1.29. The molecule has 1 nitrogen and oxygen atoms in total. The van der Waals surface area contributed by atoms with Crippen LogP contribution in [0.3, 0.4) is 0 Å². The predicted molar refractivity (Wildman–Crippen MR) is 43.7 cm³/mol. The summed E-state index contributed by atoms with van der Waals surface area (Å²) in [5.41, 5.74) is 6.67. The zero-order valence-corrected chi connectivity index (χ0v) is 6.57. The maximum atomic E-state index is 5.63. The van der Waals surface area contributed by atoms with Crippen LogP contribution in [0.15, 0.2) is 23.7 Å². The molecule has 2 N–H and O–H groups in total. The van der Waals surface area contributed by atoms with Gasteiger partial charge in [0.2, 0.25) is 0 Å². The summed E-state index contributed by atoms with van der Waals surface area (Å²) in [5, 5.41) is 0. The summed E-state index contributed by atoms with van der Waals surface area (Å²) in [7, 11) is 0.183. The monoisotopic (exact) mass is 141 g/mol. The Morgan fingerprint density at radius 2 is 2.56 bits per heavy atom. The highest BCUT2D eigenvalue weighted by molar-refractivity contribution is 7.62. The summed E-state index contributed by atoms with van der Waals surface area (Å²) in [6, 6.07) is 0. The molecule has 0 saturated heterocycles. The maximum Gasteiger partial charge on any atom is 0.0107 e. The minimum Gasteiger partial charge on any atom is -0.402 e. The average molecular weight is 141 g/mol. The Bertz CT molecular complexity index is 149. The lowest BCUT2D eigenvalue weighted by atomic mass is 10.5. The Balaban J connectivity index is 2.25. The van der Waals surface area contributed by atoms with Crippen molar-refractivity contribution in [2.24, 2.45) is 5.73 Å². The molecule has 1 rings (SSSR count). The molecule has 1 aliphatic rings. The molecular weight excluding hydrogens is 129 g/mol. The fourth-order valence-corrected chi connectivity index (χ4v) is 2.09. The second kappa shape index (κ2) is 3.03. The molecule has 1 unspecified atom stereocenters. The largest absolute Gasteiger partial charge is 0.402 e. The van der Waals surface area contributed by atoms with Crippen LogP contribution in [0.1, 0.15) is 6.92 Å². The van der Waals surface area contributed by atoms with Crippen molar-refractivity contribution in [1.82, 2.24) is 0 Å². The molecule has 0 saturated carbocycles. The fraction of sp³-hybridized carbons (Fsp3) is 0.429. The summed E-state index contributed by atoms with van der Waals surface area (Å²) in [4.78, 5) is 0. The Labute approximate surface area is 57.4 Å². The van der Waals surface area contributed by atoms with Gasteiger partial charge in [-0.3, -0.25) is 0 Å². The van der Waals surface area contributed by atoms with Crippen LogP contribution in [-0.2, 0) is 0 Å². The Morgan fingerprint density at radius 3 is 2.89 bits per heavy atom. The minimum atomic E-state index is 0.183. The van der Waals surface area contributed by atoms with Crippen molar-refractivity contribution in [3.8, 4) is 0 Å². The van der Waals surface area contributed by atoms with Gasteiger partial charge in [-0.1, -0.05) is 25.9 Å². The lowest BCUT2D eigenvalue weighted by Gasteiger charge is -2.17. The van der Waals surface area contributed by atoms with Gasteiger partial charge < -0.3 is 5.73 Å². The number of nitrogens with two attached hydrogens (primary N) is 1. The first-order valence-corrected chi connectivity index (χ1v) is 4.92. The Hall–Kier alpha value is -0.290. The maximum absolute atomic E-state index is 5.63. The zero-order chi connectivity index (χ0) is 6.69. The molecule has 0 fully saturated rings. The number of allylic oxidation sites excluding steroid dienone is 3. The van der Waals surface area contributed by atoms with Gasteiger partial charge in [-0.05, 0) is 13.1 Å². The van der Waals surface area contributed by atoms with Crippen LogP contribution in [0.5, 0.6) is 0 Å². The molecule has 0 aromatic heterocycles. The van der Waals surface area contributed by atoms with Crippen molar-refractivity contribution < 1.29 is 0 Å². The van der Waals surface area contributed by atoms with Gasteiger partial charge in [0, 0.05) is 11.9 Å². The van der Waals surface area contributed by atoms with E-state index in [0.29, 0.717) is 0 Å². The smallest absolute Gasteiger partial charge is 0.0107 e. The van der Waals surface area contributed by atoms with Crippen molar-refractivity contribution >= 4 is 7.92 Å². The molecule has 0 aromatic rings. The van der Waals surface area contributed by atoms with Crippen LogP contribution in [0.4, 0.5) is 0 Å². The topological polar surface area (TPSA) is 26.0 Å². The van der Waals surface area contributed by atoms with Gasteiger partial charge in [0.05, 0.1) is 0 Å². The molecule has 0 spiro atoms. The van der Waals surface area contributed by atoms with E-state index in [1.54, 1.807) is 0 Å². The van der Waals surface area contributed by atoms with Crippen LogP contribution < -0.4 is 5.73 Å². The summed E-state index contributed by atoms with van der Waals surface area (Å²) in [6.07, 6.45) is 6.61. The third kappa shape index (κ3) is 1.83. The summed E-state index contributed by atoms with van der Waals surface area (Å²) in [6.45, 7) is 1.99. The number of hydrogen-bond donors (Lipinski definition) is 1. The molecular formula is C7H12NP. The standard InChI is InChI=1S/C7H12NP/c1-2-7(8)6-9-4-3-5-9/h2-4H,5-6,8H2,1H3/b7-2-. The van der Waals surface area contributed by atoms with E-state index in [2.05, 4.69) is 11.9 Å². The molecule has 0 aromatic carbocycles. The van der Waals surface area contributed by atoms with E-state index >= 15 is 0 Å². The van der Waals surface area contributed by atoms with Crippen molar-refractivity contribution in [3.63, 3.8) is 0 Å². The summed E-state index contributed by atoms with van der Waals surface area (Å²) >= 11 is 0. The van der Waals surface area contributed by atoms with Gasteiger partial charge in [0.15, 0.2) is 0 Å². The highest BCUT2D eigenvalue weighted by Crippen LogP contribution is 2.44. The van der Waals surface area contributed by atoms with Crippen molar-refractivity contribution in [3.05, 3.63) is 23.7 Å². The molecule has 2 heteroatoms. The Morgan fingerprint density at radius 1 is 1.89 bits per heavy atom. The number of rotatable bonds is 2. The third-order valence-corrected chi connectivity index (χ3v) is 3.50. The molecule has 0 aliphatic carbocycles. The van der Waals surface area contributed by atoms with Crippen LogP contribution in [0.2, 0.25) is 0 Å². The molecule has 0 radical (unpaired) electrons. The zero-order valence-electron chi connectivity index (χ0n) is 5.67. The van der Waals surface area contributed by atoms with E-state index in [1.165, 1.54) is 6.16 Å². The minimum absolute atomic E-state index is 0.183. The van der Waals surface area contributed by atoms with Crippen molar-refractivity contribution in [2.45, 2.75) is 6.92 Å². The van der Waals surface area contributed by atoms with Gasteiger partial charge in [0.25, 0.3) is 0 Å². The van der Waals surface area contributed by atoms with Crippen molar-refractivity contribution in [1.29, 1.82) is 0 Å². The van der Waals surface area contributed by atoms with Crippen LogP contribution in [0.25, 0.3) is 0 Å². The molecule has 0 amide bonds. The van der Waals surface area contributed by atoms with Gasteiger partial charge in [0.1, 0.15) is 0 Å². The number of hydrogen-bond acceptors (Lipinski definition) is 1.